The minimum absolute atomic E-state index is 0.00650. The molecule has 1 rings (SSSR count). The summed E-state index contributed by atoms with van der Waals surface area (Å²) in [5, 5.41) is 0.00650. The fraction of sp³-hybridized carbons (Fsp3) is 0.143. The van der Waals surface area contributed by atoms with Crippen LogP contribution in [-0.4, -0.2) is 16.1 Å². The quantitative estimate of drug-likeness (QED) is 0.789. The van der Waals surface area contributed by atoms with Crippen molar-refractivity contribution >= 4 is 23.6 Å². The van der Waals surface area contributed by atoms with Crippen LogP contribution in [0, 0.1) is 0 Å². The van der Waals surface area contributed by atoms with Gasteiger partial charge in [0, 0.05) is 5.30 Å². The second-order valence-electron chi connectivity index (χ2n) is 2.59. The molecule has 1 aromatic rings. The number of benzene rings is 1. The normalized spacial score (nSPS) is 12.6. The summed E-state index contributed by atoms with van der Waals surface area (Å²) in [4.78, 5) is 18.1. The highest BCUT2D eigenvalue weighted by Gasteiger charge is 2.31. The van der Waals surface area contributed by atoms with Crippen LogP contribution in [0.1, 0.15) is 0 Å². The number of ether oxygens (including phenoxy) is 1. The summed E-state index contributed by atoms with van der Waals surface area (Å²) in [6.07, 6.45) is -4.76. The second-order valence-corrected chi connectivity index (χ2v) is 5.72. The van der Waals surface area contributed by atoms with E-state index in [9.17, 15) is 13.2 Å². The molecule has 0 saturated carbocycles. The van der Waals surface area contributed by atoms with Crippen LogP contribution in [0.2, 0.25) is 0 Å². The molecule has 1 aromatic carbocycles. The smallest absolute Gasteiger partial charge is 0.406 e. The van der Waals surface area contributed by atoms with Crippen LogP contribution >= 0.6 is 6.49 Å². The van der Waals surface area contributed by atoms with E-state index in [1.54, 1.807) is 0 Å². The van der Waals surface area contributed by atoms with E-state index in [1.165, 1.54) is 0 Å². The third-order valence-electron chi connectivity index (χ3n) is 1.41. The van der Waals surface area contributed by atoms with Crippen molar-refractivity contribution in [3.8, 4) is 5.75 Å². The average Bonchev–Trinajstić information content (AvgIpc) is 2.00. The molecule has 0 aliphatic rings. The number of halogens is 3. The summed E-state index contributed by atoms with van der Waals surface area (Å²) >= 11 is 4.36. The van der Waals surface area contributed by atoms with Gasteiger partial charge in [0.25, 0.3) is 0 Å². The SMILES string of the molecule is OP(O)(=S)c1ccc(OC(F)(F)F)cc1. The third-order valence-corrected chi connectivity index (χ3v) is 3.01. The number of alkyl halides is 3. The first kappa shape index (κ1) is 12.4. The van der Waals surface area contributed by atoms with Gasteiger partial charge in [0.2, 0.25) is 6.49 Å². The van der Waals surface area contributed by atoms with Crippen LogP contribution < -0.4 is 10.0 Å². The Balaban J connectivity index is 2.87. The monoisotopic (exact) mass is 258 g/mol. The van der Waals surface area contributed by atoms with Crippen molar-refractivity contribution in [1.29, 1.82) is 0 Å². The van der Waals surface area contributed by atoms with Gasteiger partial charge < -0.3 is 14.5 Å². The highest BCUT2D eigenvalue weighted by Crippen LogP contribution is 2.34. The Morgan fingerprint density at radius 3 is 1.93 bits per heavy atom. The van der Waals surface area contributed by atoms with Crippen LogP contribution in [0.25, 0.3) is 0 Å². The van der Waals surface area contributed by atoms with Crippen molar-refractivity contribution in [1.82, 2.24) is 0 Å². The fourth-order valence-corrected chi connectivity index (χ4v) is 1.74. The molecule has 0 radical (unpaired) electrons. The van der Waals surface area contributed by atoms with E-state index in [2.05, 4.69) is 16.5 Å². The van der Waals surface area contributed by atoms with Crippen LogP contribution in [0.15, 0.2) is 24.3 Å². The minimum atomic E-state index is -4.76. The molecule has 0 aliphatic carbocycles. The zero-order valence-corrected chi connectivity index (χ0v) is 8.81. The molecule has 0 fully saturated rings. The molecule has 8 heteroatoms. The van der Waals surface area contributed by atoms with Crippen molar-refractivity contribution in [2.45, 2.75) is 6.36 Å². The van der Waals surface area contributed by atoms with Gasteiger partial charge >= 0.3 is 6.36 Å². The first-order chi connectivity index (χ1) is 6.68. The Morgan fingerprint density at radius 1 is 1.13 bits per heavy atom. The molecule has 0 unspecified atom stereocenters. The van der Waals surface area contributed by atoms with E-state index < -0.39 is 18.6 Å². The number of hydrogen-bond acceptors (Lipinski definition) is 2. The first-order valence-corrected chi connectivity index (χ1v) is 6.31. The lowest BCUT2D eigenvalue weighted by Gasteiger charge is -2.10. The predicted octanol–water partition coefficient (Wildman–Crippen LogP) is 1.50. The summed E-state index contributed by atoms with van der Waals surface area (Å²) in [5.41, 5.74) is 0. The van der Waals surface area contributed by atoms with Crippen LogP contribution in [0.4, 0.5) is 13.2 Å². The standard InChI is InChI=1S/C7H6F3O3PS/c8-7(9,10)13-5-1-3-6(4-2-5)14(11,12)15/h1-4H,(H2,11,12,15). The van der Waals surface area contributed by atoms with E-state index in [-0.39, 0.29) is 5.30 Å². The zero-order chi connectivity index (χ0) is 11.7. The van der Waals surface area contributed by atoms with Gasteiger partial charge in [0.1, 0.15) is 5.75 Å². The van der Waals surface area contributed by atoms with Gasteiger partial charge in [0.05, 0.1) is 0 Å². The van der Waals surface area contributed by atoms with Crippen molar-refractivity contribution in [2.24, 2.45) is 0 Å². The van der Waals surface area contributed by atoms with Crippen LogP contribution in [0.3, 0.4) is 0 Å². The molecular formula is C7H6F3O3PS. The second kappa shape index (κ2) is 4.09. The highest BCUT2D eigenvalue weighted by molar-refractivity contribution is 8.12. The molecule has 0 atom stereocenters. The van der Waals surface area contributed by atoms with Gasteiger partial charge in [-0.25, -0.2) is 0 Å². The molecule has 2 N–H and O–H groups in total. The molecule has 84 valence electrons. The Bertz CT molecular complexity index is 383. The molecule has 0 heterocycles. The minimum Gasteiger partial charge on any atom is -0.406 e. The van der Waals surface area contributed by atoms with E-state index in [4.69, 9.17) is 9.79 Å². The molecule has 0 aromatic heterocycles. The van der Waals surface area contributed by atoms with Gasteiger partial charge in [0.15, 0.2) is 0 Å². The molecule has 0 aliphatic heterocycles. The molecule has 0 saturated heterocycles. The zero-order valence-electron chi connectivity index (χ0n) is 7.10. The third kappa shape index (κ3) is 4.17. The van der Waals surface area contributed by atoms with Crippen molar-refractivity contribution in [3.63, 3.8) is 0 Å². The lowest BCUT2D eigenvalue weighted by molar-refractivity contribution is -0.274. The van der Waals surface area contributed by atoms with E-state index in [1.807, 2.05) is 0 Å². The largest absolute Gasteiger partial charge is 0.573 e. The van der Waals surface area contributed by atoms with Gasteiger partial charge in [-0.15, -0.1) is 13.2 Å². The Kier molecular flexibility index (Phi) is 3.40. The van der Waals surface area contributed by atoms with Crippen molar-refractivity contribution in [3.05, 3.63) is 24.3 Å². The lowest BCUT2D eigenvalue weighted by Crippen LogP contribution is -2.17. The highest BCUT2D eigenvalue weighted by atomic mass is 32.5. The summed E-state index contributed by atoms with van der Waals surface area (Å²) < 4.78 is 38.8. The average molecular weight is 258 g/mol. The van der Waals surface area contributed by atoms with Crippen molar-refractivity contribution < 1.29 is 27.7 Å². The van der Waals surface area contributed by atoms with Gasteiger partial charge in [-0.2, -0.15) is 0 Å². The fourth-order valence-electron chi connectivity index (χ4n) is 0.842. The maximum absolute atomic E-state index is 11.7. The molecular weight excluding hydrogens is 252 g/mol. The van der Waals surface area contributed by atoms with E-state index in [0.29, 0.717) is 0 Å². The Morgan fingerprint density at radius 2 is 1.60 bits per heavy atom. The predicted molar refractivity (Wildman–Crippen MR) is 51.5 cm³/mol. The Labute approximate surface area is 88.3 Å². The number of rotatable bonds is 2. The molecule has 0 spiro atoms. The van der Waals surface area contributed by atoms with Gasteiger partial charge in [-0.05, 0) is 36.1 Å². The molecule has 0 bridgehead atoms. The molecule has 15 heavy (non-hydrogen) atoms. The van der Waals surface area contributed by atoms with E-state index in [0.717, 1.165) is 24.3 Å². The summed E-state index contributed by atoms with van der Waals surface area (Å²) in [6, 6.07) is 4.11. The maximum atomic E-state index is 11.7. The lowest BCUT2D eigenvalue weighted by atomic mass is 10.3. The first-order valence-electron chi connectivity index (χ1n) is 3.60. The summed E-state index contributed by atoms with van der Waals surface area (Å²) in [7, 11) is 0. The summed E-state index contributed by atoms with van der Waals surface area (Å²) in [5.74, 6) is -0.435. The molecule has 3 nitrogen and oxygen atoms in total. The summed E-state index contributed by atoms with van der Waals surface area (Å²) in [6.45, 7) is -3.59. The molecule has 0 amide bonds. The van der Waals surface area contributed by atoms with Crippen LogP contribution in [-0.2, 0) is 11.8 Å². The van der Waals surface area contributed by atoms with Crippen molar-refractivity contribution in [2.75, 3.05) is 0 Å². The maximum Gasteiger partial charge on any atom is 0.573 e. The van der Waals surface area contributed by atoms with E-state index >= 15 is 0 Å². The number of hydrogen-bond donors (Lipinski definition) is 2. The Hall–Kier alpha value is -0.620. The van der Waals surface area contributed by atoms with Crippen LogP contribution in [0.5, 0.6) is 5.75 Å². The van der Waals surface area contributed by atoms with Gasteiger partial charge in [-0.3, -0.25) is 0 Å². The van der Waals surface area contributed by atoms with Gasteiger partial charge in [-0.1, -0.05) is 0 Å². The topological polar surface area (TPSA) is 49.7 Å².